The maximum atomic E-state index is 11.0. The third-order valence-corrected chi connectivity index (χ3v) is 6.13. The molecule has 2 aliphatic carbocycles. The van der Waals surface area contributed by atoms with Crippen LogP contribution in [0.4, 0.5) is 0 Å². The van der Waals surface area contributed by atoms with Crippen molar-refractivity contribution in [3.05, 3.63) is 36.5 Å². The minimum absolute atomic E-state index is 0.0243. The van der Waals surface area contributed by atoms with E-state index in [1.807, 2.05) is 12.2 Å². The first kappa shape index (κ1) is 23.1. The van der Waals surface area contributed by atoms with Gasteiger partial charge in [0, 0.05) is 18.8 Å². The molecule has 4 heteroatoms. The van der Waals surface area contributed by atoms with Gasteiger partial charge in [-0.05, 0) is 70.1 Å². The Morgan fingerprint density at radius 2 is 2.07 bits per heavy atom. The molecule has 0 aliphatic heterocycles. The van der Waals surface area contributed by atoms with Gasteiger partial charge in [0.25, 0.3) is 0 Å². The molecule has 0 heterocycles. The van der Waals surface area contributed by atoms with Gasteiger partial charge >= 0.3 is 0 Å². The molecule has 0 amide bonds. The molecular formula is C24H38O4. The van der Waals surface area contributed by atoms with Crippen molar-refractivity contribution >= 4 is 5.78 Å². The fourth-order valence-corrected chi connectivity index (χ4v) is 4.41. The van der Waals surface area contributed by atoms with Gasteiger partial charge in [-0.2, -0.15) is 0 Å². The van der Waals surface area contributed by atoms with E-state index in [4.69, 9.17) is 0 Å². The van der Waals surface area contributed by atoms with Crippen molar-refractivity contribution in [1.29, 1.82) is 0 Å². The van der Waals surface area contributed by atoms with E-state index in [2.05, 4.69) is 24.3 Å². The van der Waals surface area contributed by atoms with Gasteiger partial charge in [-0.15, -0.1) is 0 Å². The van der Waals surface area contributed by atoms with Crippen LogP contribution in [-0.4, -0.2) is 39.4 Å². The van der Waals surface area contributed by atoms with E-state index < -0.39 is 18.3 Å². The molecular weight excluding hydrogens is 352 g/mol. The number of ketones is 1. The molecule has 6 atom stereocenters. The fourth-order valence-electron chi connectivity index (χ4n) is 4.41. The van der Waals surface area contributed by atoms with Crippen molar-refractivity contribution in [3.63, 3.8) is 0 Å². The van der Waals surface area contributed by atoms with Crippen LogP contribution in [0.2, 0.25) is 0 Å². The standard InChI is InChI=1S/C24H38O4/c1-18(25)9-5-2-3-8-12-21-22(24(28)17-23(21)27)16-15-20(26)14-13-19-10-6-4-7-11-19/h3,6,8,10,15-16,19-24,26-28H,2,4-5,7,9,11-14,17H2,1H3/b8-3-,16-15+/t19?,20-,21+,22+,23-,24+/m0/s1. The topological polar surface area (TPSA) is 77.8 Å². The van der Waals surface area contributed by atoms with Crippen LogP contribution >= 0.6 is 0 Å². The molecule has 0 spiro atoms. The molecule has 158 valence electrons. The van der Waals surface area contributed by atoms with Crippen LogP contribution in [0.1, 0.15) is 71.1 Å². The number of aliphatic hydroxyl groups excluding tert-OH is 3. The van der Waals surface area contributed by atoms with Gasteiger partial charge in [0.2, 0.25) is 0 Å². The minimum Gasteiger partial charge on any atom is -0.393 e. The summed E-state index contributed by atoms with van der Waals surface area (Å²) in [6.07, 6.45) is 19.5. The predicted octanol–water partition coefficient (Wildman–Crippen LogP) is 4.10. The molecule has 4 nitrogen and oxygen atoms in total. The van der Waals surface area contributed by atoms with Crippen LogP contribution < -0.4 is 0 Å². The van der Waals surface area contributed by atoms with Gasteiger partial charge in [-0.25, -0.2) is 0 Å². The van der Waals surface area contributed by atoms with E-state index in [0.717, 1.165) is 25.7 Å². The predicted molar refractivity (Wildman–Crippen MR) is 113 cm³/mol. The molecule has 0 aromatic rings. The normalized spacial score (nSPS) is 31.8. The second kappa shape index (κ2) is 12.4. The average Bonchev–Trinajstić information content (AvgIpc) is 2.94. The quantitative estimate of drug-likeness (QED) is 0.367. The number of rotatable bonds is 11. The number of Topliss-reactive ketones (excluding diaryl/α,β-unsaturated/α-hetero) is 1. The van der Waals surface area contributed by atoms with E-state index >= 15 is 0 Å². The highest BCUT2D eigenvalue weighted by atomic mass is 16.3. The zero-order valence-corrected chi connectivity index (χ0v) is 17.2. The second-order valence-electron chi connectivity index (χ2n) is 8.56. The van der Waals surface area contributed by atoms with Gasteiger partial charge in [0.1, 0.15) is 5.78 Å². The second-order valence-corrected chi connectivity index (χ2v) is 8.56. The maximum absolute atomic E-state index is 11.0. The Labute approximate surface area is 170 Å². The summed E-state index contributed by atoms with van der Waals surface area (Å²) in [5.41, 5.74) is 0. The van der Waals surface area contributed by atoms with E-state index in [9.17, 15) is 20.1 Å². The van der Waals surface area contributed by atoms with E-state index in [-0.39, 0.29) is 17.6 Å². The van der Waals surface area contributed by atoms with Crippen LogP contribution in [0.15, 0.2) is 36.5 Å². The van der Waals surface area contributed by atoms with Gasteiger partial charge < -0.3 is 20.1 Å². The lowest BCUT2D eigenvalue weighted by Gasteiger charge is -2.20. The van der Waals surface area contributed by atoms with Crippen LogP contribution in [0.5, 0.6) is 0 Å². The smallest absolute Gasteiger partial charge is 0.129 e. The molecule has 1 fully saturated rings. The first-order valence-electron chi connectivity index (χ1n) is 11.0. The summed E-state index contributed by atoms with van der Waals surface area (Å²) in [5, 5.41) is 30.9. The zero-order valence-electron chi connectivity index (χ0n) is 17.2. The Morgan fingerprint density at radius 1 is 1.25 bits per heavy atom. The first-order chi connectivity index (χ1) is 13.5. The van der Waals surface area contributed by atoms with Crippen LogP contribution in [-0.2, 0) is 4.79 Å². The van der Waals surface area contributed by atoms with Crippen LogP contribution in [0.3, 0.4) is 0 Å². The third-order valence-electron chi connectivity index (χ3n) is 6.13. The third kappa shape index (κ3) is 8.02. The summed E-state index contributed by atoms with van der Waals surface area (Å²) in [6, 6.07) is 0. The Balaban J connectivity index is 1.78. The van der Waals surface area contributed by atoms with Crippen molar-refractivity contribution in [1.82, 2.24) is 0 Å². The summed E-state index contributed by atoms with van der Waals surface area (Å²) < 4.78 is 0. The lowest BCUT2D eigenvalue weighted by molar-refractivity contribution is -0.117. The number of carbonyl (C=O) groups is 1. The van der Waals surface area contributed by atoms with Crippen molar-refractivity contribution in [2.45, 2.75) is 89.4 Å². The lowest BCUT2D eigenvalue weighted by Crippen LogP contribution is -2.20. The van der Waals surface area contributed by atoms with Gasteiger partial charge in [0.15, 0.2) is 0 Å². The molecule has 3 N–H and O–H groups in total. The molecule has 0 radical (unpaired) electrons. The maximum Gasteiger partial charge on any atom is 0.129 e. The summed E-state index contributed by atoms with van der Waals surface area (Å²) in [4.78, 5) is 11.0. The highest BCUT2D eigenvalue weighted by molar-refractivity contribution is 5.75. The van der Waals surface area contributed by atoms with Crippen molar-refractivity contribution in [2.75, 3.05) is 0 Å². The molecule has 2 rings (SSSR count). The molecule has 0 aromatic heterocycles. The van der Waals surface area contributed by atoms with Crippen LogP contribution in [0.25, 0.3) is 0 Å². The van der Waals surface area contributed by atoms with E-state index in [0.29, 0.717) is 25.2 Å². The number of allylic oxidation sites excluding steroid dienone is 4. The van der Waals surface area contributed by atoms with Gasteiger partial charge in [-0.1, -0.05) is 36.5 Å². The highest BCUT2D eigenvalue weighted by Gasteiger charge is 2.39. The highest BCUT2D eigenvalue weighted by Crippen LogP contribution is 2.36. The van der Waals surface area contributed by atoms with Crippen molar-refractivity contribution < 1.29 is 20.1 Å². The summed E-state index contributed by atoms with van der Waals surface area (Å²) in [7, 11) is 0. The Bertz CT molecular complexity index is 551. The summed E-state index contributed by atoms with van der Waals surface area (Å²) in [6.45, 7) is 1.61. The Hall–Kier alpha value is -1.23. The van der Waals surface area contributed by atoms with E-state index in [1.54, 1.807) is 6.92 Å². The van der Waals surface area contributed by atoms with Gasteiger partial charge in [0.05, 0.1) is 18.3 Å². The first-order valence-corrected chi connectivity index (χ1v) is 11.0. The molecule has 0 bridgehead atoms. The van der Waals surface area contributed by atoms with E-state index in [1.165, 1.54) is 19.3 Å². The summed E-state index contributed by atoms with van der Waals surface area (Å²) >= 11 is 0. The SMILES string of the molecule is CC(=O)CCC/C=C\C[C@@H]1[C@@H](/C=C/[C@@H](O)CCC2C=CCCC2)[C@H](O)C[C@@H]1O. The number of hydrogen-bond acceptors (Lipinski definition) is 4. The number of aliphatic hydroxyl groups is 3. The fraction of sp³-hybridized carbons (Fsp3) is 0.708. The molecule has 28 heavy (non-hydrogen) atoms. The Morgan fingerprint density at radius 3 is 2.79 bits per heavy atom. The van der Waals surface area contributed by atoms with Gasteiger partial charge in [-0.3, -0.25) is 0 Å². The Kier molecular flexibility index (Phi) is 10.2. The minimum atomic E-state index is -0.559. The lowest BCUT2D eigenvalue weighted by atomic mass is 9.88. The largest absolute Gasteiger partial charge is 0.393 e. The van der Waals surface area contributed by atoms with Crippen molar-refractivity contribution in [2.24, 2.45) is 17.8 Å². The van der Waals surface area contributed by atoms with Crippen molar-refractivity contribution in [3.8, 4) is 0 Å². The summed E-state index contributed by atoms with van der Waals surface area (Å²) in [5.74, 6) is 0.646. The number of hydrogen-bond donors (Lipinski definition) is 3. The molecule has 1 unspecified atom stereocenters. The average molecular weight is 391 g/mol. The van der Waals surface area contributed by atoms with Crippen LogP contribution in [0, 0.1) is 17.8 Å². The molecule has 2 aliphatic rings. The molecule has 0 aromatic carbocycles. The monoisotopic (exact) mass is 390 g/mol. The number of unbranched alkanes of at least 4 members (excludes halogenated alkanes) is 1. The molecule has 0 saturated heterocycles. The zero-order chi connectivity index (χ0) is 20.4. The number of carbonyl (C=O) groups excluding carboxylic acids is 1. The molecule has 1 saturated carbocycles.